The first-order valence-electron chi connectivity index (χ1n) is 4.89. The van der Waals surface area contributed by atoms with Gasteiger partial charge in [0.2, 0.25) is 11.2 Å². The molecule has 0 saturated heterocycles. The van der Waals surface area contributed by atoms with Crippen LogP contribution in [-0.2, 0) is 6.54 Å². The Balaban J connectivity index is 2.14. The van der Waals surface area contributed by atoms with E-state index in [1.807, 2.05) is 0 Å². The third kappa shape index (κ3) is 2.62. The first kappa shape index (κ1) is 11.6. The Morgan fingerprint density at radius 1 is 1.29 bits per heavy atom. The second kappa shape index (κ2) is 4.54. The van der Waals surface area contributed by atoms with Crippen molar-refractivity contribution in [3.63, 3.8) is 0 Å². The first-order chi connectivity index (χ1) is 8.06. The molecule has 2 aromatic heterocycles. The van der Waals surface area contributed by atoms with Crippen molar-refractivity contribution in [1.29, 1.82) is 0 Å². The molecule has 7 nitrogen and oxygen atoms in total. The number of rotatable bonds is 3. The van der Waals surface area contributed by atoms with E-state index in [1.54, 1.807) is 13.8 Å². The van der Waals surface area contributed by atoms with Gasteiger partial charge in [-0.1, -0.05) is 5.16 Å². The molecule has 0 aliphatic heterocycles. The number of hydrogen-bond donors (Lipinski definition) is 2. The Morgan fingerprint density at radius 2 is 2.06 bits per heavy atom. The molecule has 0 aliphatic rings. The smallest absolute Gasteiger partial charge is 0.245 e. The quantitative estimate of drug-likeness (QED) is 0.796. The predicted molar refractivity (Wildman–Crippen MR) is 62.6 cm³/mol. The van der Waals surface area contributed by atoms with Crippen LogP contribution in [-0.4, -0.2) is 20.1 Å². The van der Waals surface area contributed by atoms with E-state index >= 15 is 0 Å². The SMILES string of the molecule is Cc1noc(CNc2nc(Cl)nc(C)c2N)n1. The Kier molecular flexibility index (Phi) is 3.10. The summed E-state index contributed by atoms with van der Waals surface area (Å²) >= 11 is 5.74. The summed E-state index contributed by atoms with van der Waals surface area (Å²) in [6.45, 7) is 3.83. The van der Waals surface area contributed by atoms with Crippen molar-refractivity contribution < 1.29 is 4.52 Å². The maximum absolute atomic E-state index is 5.81. The van der Waals surface area contributed by atoms with Gasteiger partial charge in [0, 0.05) is 0 Å². The molecule has 2 rings (SSSR count). The highest BCUT2D eigenvalue weighted by Gasteiger charge is 2.09. The van der Waals surface area contributed by atoms with E-state index in [4.69, 9.17) is 21.9 Å². The highest BCUT2D eigenvalue weighted by atomic mass is 35.5. The molecule has 0 unspecified atom stereocenters. The van der Waals surface area contributed by atoms with E-state index in [2.05, 4.69) is 25.4 Å². The van der Waals surface area contributed by atoms with Crippen molar-refractivity contribution in [3.8, 4) is 0 Å². The Hall–Kier alpha value is -1.89. The molecule has 0 amide bonds. The molecular weight excluding hydrogens is 244 g/mol. The van der Waals surface area contributed by atoms with Gasteiger partial charge in [-0.05, 0) is 25.4 Å². The lowest BCUT2D eigenvalue weighted by atomic mass is 10.3. The molecule has 0 spiro atoms. The fourth-order valence-corrected chi connectivity index (χ4v) is 1.46. The maximum Gasteiger partial charge on any atom is 0.245 e. The number of aryl methyl sites for hydroxylation is 2. The van der Waals surface area contributed by atoms with Crippen LogP contribution in [0.3, 0.4) is 0 Å². The van der Waals surface area contributed by atoms with Gasteiger partial charge in [0.1, 0.15) is 0 Å². The molecule has 0 aliphatic carbocycles. The molecule has 90 valence electrons. The summed E-state index contributed by atoms with van der Waals surface area (Å²) in [5, 5.41) is 6.78. The lowest BCUT2D eigenvalue weighted by Crippen LogP contribution is -2.07. The molecule has 0 saturated carbocycles. The second-order valence-electron chi connectivity index (χ2n) is 3.43. The zero-order valence-electron chi connectivity index (χ0n) is 9.36. The third-order valence-electron chi connectivity index (χ3n) is 2.09. The first-order valence-corrected chi connectivity index (χ1v) is 5.26. The van der Waals surface area contributed by atoms with E-state index in [0.29, 0.717) is 35.5 Å². The average Bonchev–Trinajstić information content (AvgIpc) is 2.67. The average molecular weight is 255 g/mol. The van der Waals surface area contributed by atoms with Gasteiger partial charge in [0.25, 0.3) is 0 Å². The number of nitrogen functional groups attached to an aromatic ring is 1. The fourth-order valence-electron chi connectivity index (χ4n) is 1.25. The van der Waals surface area contributed by atoms with E-state index < -0.39 is 0 Å². The molecule has 17 heavy (non-hydrogen) atoms. The minimum Gasteiger partial charge on any atom is -0.394 e. The normalized spacial score (nSPS) is 10.5. The van der Waals surface area contributed by atoms with Crippen LogP contribution >= 0.6 is 11.6 Å². The number of nitrogens with zero attached hydrogens (tertiary/aromatic N) is 4. The van der Waals surface area contributed by atoms with Gasteiger partial charge < -0.3 is 15.6 Å². The molecule has 0 atom stereocenters. The maximum atomic E-state index is 5.81. The summed E-state index contributed by atoms with van der Waals surface area (Å²) in [5.74, 6) is 1.49. The van der Waals surface area contributed by atoms with Gasteiger partial charge in [-0.3, -0.25) is 0 Å². The fraction of sp³-hybridized carbons (Fsp3) is 0.333. The minimum absolute atomic E-state index is 0.140. The zero-order chi connectivity index (χ0) is 12.4. The molecule has 3 N–H and O–H groups in total. The number of nitrogens with one attached hydrogen (secondary N) is 1. The highest BCUT2D eigenvalue weighted by molar-refractivity contribution is 6.28. The molecule has 0 aromatic carbocycles. The van der Waals surface area contributed by atoms with Crippen LogP contribution in [0.5, 0.6) is 0 Å². The monoisotopic (exact) mass is 254 g/mol. The van der Waals surface area contributed by atoms with Crippen molar-refractivity contribution in [2.75, 3.05) is 11.1 Å². The van der Waals surface area contributed by atoms with E-state index in [0.717, 1.165) is 0 Å². The molecule has 2 heterocycles. The number of nitrogens with two attached hydrogens (primary N) is 1. The lowest BCUT2D eigenvalue weighted by molar-refractivity contribution is 0.379. The summed E-state index contributed by atoms with van der Waals surface area (Å²) in [5.41, 5.74) is 6.88. The van der Waals surface area contributed by atoms with Gasteiger partial charge in [-0.2, -0.15) is 9.97 Å². The van der Waals surface area contributed by atoms with Crippen LogP contribution in [0.15, 0.2) is 4.52 Å². The lowest BCUT2D eigenvalue weighted by Gasteiger charge is -2.08. The minimum atomic E-state index is 0.140. The second-order valence-corrected chi connectivity index (χ2v) is 3.77. The van der Waals surface area contributed by atoms with Gasteiger partial charge in [0.15, 0.2) is 11.6 Å². The standard InChI is InChI=1S/C9H11ClN6O/c1-4-7(11)8(15-9(10)13-4)12-3-6-14-5(2)16-17-6/h3,11H2,1-2H3,(H,12,13,15). The molecule has 0 radical (unpaired) electrons. The van der Waals surface area contributed by atoms with Crippen LogP contribution in [0.4, 0.5) is 11.5 Å². The number of anilines is 2. The van der Waals surface area contributed by atoms with E-state index in [1.165, 1.54) is 0 Å². The number of halogens is 1. The Morgan fingerprint density at radius 3 is 2.71 bits per heavy atom. The summed E-state index contributed by atoms with van der Waals surface area (Å²) in [4.78, 5) is 12.0. The van der Waals surface area contributed by atoms with Gasteiger partial charge >= 0.3 is 0 Å². The molecule has 2 aromatic rings. The zero-order valence-corrected chi connectivity index (χ0v) is 10.1. The van der Waals surface area contributed by atoms with Gasteiger partial charge in [-0.15, -0.1) is 0 Å². The summed E-state index contributed by atoms with van der Waals surface area (Å²) < 4.78 is 4.95. The van der Waals surface area contributed by atoms with Crippen molar-refractivity contribution in [1.82, 2.24) is 20.1 Å². The Labute approximate surface area is 102 Å². The summed E-state index contributed by atoms with van der Waals surface area (Å²) in [6, 6.07) is 0. The highest BCUT2D eigenvalue weighted by Crippen LogP contribution is 2.20. The van der Waals surface area contributed by atoms with Crippen molar-refractivity contribution >= 4 is 23.1 Å². The van der Waals surface area contributed by atoms with Crippen LogP contribution in [0, 0.1) is 13.8 Å². The molecule has 0 bridgehead atoms. The number of hydrogen-bond acceptors (Lipinski definition) is 7. The molecule has 0 fully saturated rings. The van der Waals surface area contributed by atoms with E-state index in [9.17, 15) is 0 Å². The van der Waals surface area contributed by atoms with Crippen LogP contribution in [0.25, 0.3) is 0 Å². The summed E-state index contributed by atoms with van der Waals surface area (Å²) in [6.07, 6.45) is 0. The van der Waals surface area contributed by atoms with E-state index in [-0.39, 0.29) is 5.28 Å². The van der Waals surface area contributed by atoms with Crippen LogP contribution in [0.2, 0.25) is 5.28 Å². The summed E-state index contributed by atoms with van der Waals surface area (Å²) in [7, 11) is 0. The van der Waals surface area contributed by atoms with Crippen LogP contribution in [0.1, 0.15) is 17.4 Å². The predicted octanol–water partition coefficient (Wildman–Crippen LogP) is 1.32. The van der Waals surface area contributed by atoms with Crippen molar-refractivity contribution in [2.45, 2.75) is 20.4 Å². The van der Waals surface area contributed by atoms with Gasteiger partial charge in [-0.25, -0.2) is 4.98 Å². The van der Waals surface area contributed by atoms with Gasteiger partial charge in [0.05, 0.1) is 17.9 Å². The van der Waals surface area contributed by atoms with Crippen molar-refractivity contribution in [2.24, 2.45) is 0 Å². The largest absolute Gasteiger partial charge is 0.394 e. The number of aromatic nitrogens is 4. The third-order valence-corrected chi connectivity index (χ3v) is 2.25. The van der Waals surface area contributed by atoms with Crippen LogP contribution < -0.4 is 11.1 Å². The molecular formula is C9H11ClN6O. The van der Waals surface area contributed by atoms with Crippen molar-refractivity contribution in [3.05, 3.63) is 22.7 Å². The topological polar surface area (TPSA) is 103 Å². The molecule has 8 heteroatoms. The Bertz CT molecular complexity index is 540.